The highest BCUT2D eigenvalue weighted by atomic mass is 32.2. The number of rotatable bonds is 4. The molecule has 0 saturated carbocycles. The molecule has 4 nitrogen and oxygen atoms in total. The summed E-state index contributed by atoms with van der Waals surface area (Å²) < 4.78 is 14.1. The Kier molecular flexibility index (Phi) is 4.02. The van der Waals surface area contributed by atoms with E-state index in [-0.39, 0.29) is 0 Å². The van der Waals surface area contributed by atoms with Crippen LogP contribution in [0.2, 0.25) is 0 Å². The summed E-state index contributed by atoms with van der Waals surface area (Å²) in [7, 11) is 2.16. The topological polar surface area (TPSA) is 52.1 Å². The predicted octanol–water partition coefficient (Wildman–Crippen LogP) is 2.28. The lowest BCUT2D eigenvalue weighted by Gasteiger charge is -2.19. The van der Waals surface area contributed by atoms with E-state index in [9.17, 15) is 4.55 Å². The van der Waals surface area contributed by atoms with Gasteiger partial charge in [-0.15, -0.1) is 0 Å². The van der Waals surface area contributed by atoms with Crippen molar-refractivity contribution in [3.63, 3.8) is 0 Å². The van der Waals surface area contributed by atoms with Crippen LogP contribution in [-0.2, 0) is 11.2 Å². The fourth-order valence-electron chi connectivity index (χ4n) is 2.53. The molecule has 1 aliphatic rings. The van der Waals surface area contributed by atoms with Gasteiger partial charge in [-0.2, -0.15) is 4.98 Å². The zero-order chi connectivity index (χ0) is 13.2. The quantitative estimate of drug-likeness (QED) is 0.812. The fourth-order valence-corrected chi connectivity index (χ4v) is 4.95. The third-order valence-corrected chi connectivity index (χ3v) is 6.40. The van der Waals surface area contributed by atoms with E-state index in [0.717, 1.165) is 21.0 Å². The lowest BCUT2D eigenvalue weighted by Crippen LogP contribution is -2.27. The van der Waals surface area contributed by atoms with E-state index in [4.69, 9.17) is 0 Å². The molecule has 2 aromatic rings. The Labute approximate surface area is 120 Å². The van der Waals surface area contributed by atoms with Crippen molar-refractivity contribution in [1.82, 2.24) is 14.9 Å². The molecule has 3 heterocycles. The molecule has 2 aromatic heterocycles. The number of nitrogens with zero attached hydrogens (tertiary/aromatic N) is 3. The highest BCUT2D eigenvalue weighted by molar-refractivity contribution is 7.93. The smallest absolute Gasteiger partial charge is 0.302 e. The van der Waals surface area contributed by atoms with Crippen molar-refractivity contribution in [2.45, 2.75) is 29.6 Å². The van der Waals surface area contributed by atoms with E-state index < -0.39 is 11.2 Å². The van der Waals surface area contributed by atoms with Crippen LogP contribution in [0.4, 0.5) is 0 Å². The minimum Gasteiger partial charge on any atom is -0.610 e. The van der Waals surface area contributed by atoms with Crippen LogP contribution < -0.4 is 0 Å². The van der Waals surface area contributed by atoms with Gasteiger partial charge in [0.05, 0.1) is 10.9 Å². The van der Waals surface area contributed by atoms with Crippen molar-refractivity contribution >= 4 is 32.7 Å². The first-order chi connectivity index (χ1) is 9.24. The molecule has 1 fully saturated rings. The standard InChI is InChI=1S/C13H17N3OS2/c1-16-7-2-3-10(16)5-8-19(17)13-15-11-9-14-6-4-12(11)18-13/h4,6,9-10H,2-3,5,7-8H2,1H3. The molecule has 0 aliphatic carbocycles. The monoisotopic (exact) mass is 295 g/mol. The van der Waals surface area contributed by atoms with Gasteiger partial charge < -0.3 is 9.45 Å². The second kappa shape index (κ2) is 5.75. The summed E-state index contributed by atoms with van der Waals surface area (Å²) in [5.74, 6) is 0.711. The van der Waals surface area contributed by atoms with Gasteiger partial charge in [-0.25, -0.2) is 0 Å². The van der Waals surface area contributed by atoms with E-state index in [0.29, 0.717) is 11.8 Å². The van der Waals surface area contributed by atoms with E-state index >= 15 is 0 Å². The summed E-state index contributed by atoms with van der Waals surface area (Å²) in [5, 5.41) is 0. The first-order valence-corrected chi connectivity index (χ1v) is 8.67. The van der Waals surface area contributed by atoms with E-state index in [1.165, 1.54) is 30.7 Å². The van der Waals surface area contributed by atoms with Crippen LogP contribution in [0.1, 0.15) is 19.3 Å². The lowest BCUT2D eigenvalue weighted by molar-refractivity contribution is 0.304. The number of fused-ring (bicyclic) bond motifs is 1. The van der Waals surface area contributed by atoms with Gasteiger partial charge in [-0.05, 0) is 32.5 Å². The van der Waals surface area contributed by atoms with E-state index in [1.54, 1.807) is 12.4 Å². The molecule has 0 N–H and O–H groups in total. The van der Waals surface area contributed by atoms with Crippen molar-refractivity contribution in [3.05, 3.63) is 18.5 Å². The highest BCUT2D eigenvalue weighted by Gasteiger charge is 2.24. The third kappa shape index (κ3) is 2.91. The summed E-state index contributed by atoms with van der Waals surface area (Å²) >= 11 is 0.550. The van der Waals surface area contributed by atoms with Gasteiger partial charge >= 0.3 is 4.34 Å². The molecule has 0 bridgehead atoms. The van der Waals surface area contributed by atoms with Gasteiger partial charge in [0, 0.05) is 29.8 Å². The average molecular weight is 295 g/mol. The fraction of sp³-hybridized carbons (Fsp3) is 0.538. The van der Waals surface area contributed by atoms with Gasteiger partial charge in [0.2, 0.25) is 0 Å². The zero-order valence-electron chi connectivity index (χ0n) is 10.9. The van der Waals surface area contributed by atoms with Crippen LogP contribution in [0.15, 0.2) is 22.8 Å². The molecule has 2 unspecified atom stereocenters. The molecule has 6 heteroatoms. The molecule has 0 spiro atoms. The van der Waals surface area contributed by atoms with Crippen LogP contribution in [0.3, 0.4) is 0 Å². The molecule has 0 radical (unpaired) electrons. The van der Waals surface area contributed by atoms with Gasteiger partial charge in [-0.3, -0.25) is 4.98 Å². The largest absolute Gasteiger partial charge is 0.610 e. The van der Waals surface area contributed by atoms with E-state index in [1.807, 2.05) is 6.07 Å². The summed E-state index contributed by atoms with van der Waals surface area (Å²) in [4.78, 5) is 10.8. The predicted molar refractivity (Wildman–Crippen MR) is 79.0 cm³/mol. The van der Waals surface area contributed by atoms with Crippen LogP contribution in [0.5, 0.6) is 0 Å². The first-order valence-electron chi connectivity index (χ1n) is 6.53. The molecule has 0 aromatic carbocycles. The minimum absolute atomic E-state index is 0.597. The van der Waals surface area contributed by atoms with Crippen molar-refractivity contribution < 1.29 is 4.55 Å². The maximum absolute atomic E-state index is 12.3. The van der Waals surface area contributed by atoms with Crippen LogP contribution >= 0.6 is 11.3 Å². The van der Waals surface area contributed by atoms with Gasteiger partial charge in [0.1, 0.15) is 11.3 Å². The summed E-state index contributed by atoms with van der Waals surface area (Å²) in [6.07, 6.45) is 6.98. The lowest BCUT2D eigenvalue weighted by atomic mass is 10.2. The van der Waals surface area contributed by atoms with E-state index in [2.05, 4.69) is 21.9 Å². The number of likely N-dealkylation sites (tertiary alicyclic amines) is 1. The third-order valence-electron chi connectivity index (χ3n) is 3.67. The molecule has 2 atom stereocenters. The summed E-state index contributed by atoms with van der Waals surface area (Å²) in [5.41, 5.74) is 0.855. The normalized spacial score (nSPS) is 22.1. The maximum atomic E-state index is 12.3. The first kappa shape index (κ1) is 13.3. The van der Waals surface area contributed by atoms with Crippen LogP contribution in [0, 0.1) is 0 Å². The van der Waals surface area contributed by atoms with Crippen molar-refractivity contribution in [3.8, 4) is 0 Å². The second-order valence-electron chi connectivity index (χ2n) is 4.94. The van der Waals surface area contributed by atoms with Crippen molar-refractivity contribution in [1.29, 1.82) is 0 Å². The van der Waals surface area contributed by atoms with Crippen LogP contribution in [0.25, 0.3) is 10.2 Å². The minimum atomic E-state index is -0.974. The Balaban J connectivity index is 1.64. The summed E-state index contributed by atoms with van der Waals surface area (Å²) in [6, 6.07) is 2.53. The summed E-state index contributed by atoms with van der Waals surface area (Å²) in [6.45, 7) is 1.17. The molecular formula is C13H17N3OS2. The SMILES string of the molecule is CN1CCCC1CC[S+]([O-])c1nc2cnccc2s1. The molecular weight excluding hydrogens is 278 g/mol. The number of hydrogen-bond acceptors (Lipinski definition) is 5. The average Bonchev–Trinajstić information content (AvgIpc) is 3.01. The Morgan fingerprint density at radius 1 is 1.58 bits per heavy atom. The number of aromatic nitrogens is 2. The molecule has 1 saturated heterocycles. The number of thiazole rings is 1. The molecule has 102 valence electrons. The van der Waals surface area contributed by atoms with Crippen molar-refractivity contribution in [2.75, 3.05) is 19.3 Å². The molecule has 1 aliphatic heterocycles. The van der Waals surface area contributed by atoms with Gasteiger partial charge in [-0.1, -0.05) is 11.3 Å². The molecule has 0 amide bonds. The van der Waals surface area contributed by atoms with Gasteiger partial charge in [0.25, 0.3) is 0 Å². The second-order valence-corrected chi connectivity index (χ2v) is 7.71. The van der Waals surface area contributed by atoms with Crippen molar-refractivity contribution in [2.24, 2.45) is 0 Å². The maximum Gasteiger partial charge on any atom is 0.302 e. The Hall–Kier alpha value is -0.690. The number of pyridine rings is 1. The van der Waals surface area contributed by atoms with Crippen LogP contribution in [-0.4, -0.2) is 44.8 Å². The van der Waals surface area contributed by atoms with Gasteiger partial charge in [0.15, 0.2) is 0 Å². The Bertz CT molecular complexity index is 527. The molecule has 3 rings (SSSR count). The Morgan fingerprint density at radius 2 is 2.47 bits per heavy atom. The Morgan fingerprint density at radius 3 is 3.21 bits per heavy atom. The molecule has 19 heavy (non-hydrogen) atoms. The highest BCUT2D eigenvalue weighted by Crippen LogP contribution is 2.26. The number of hydrogen-bond donors (Lipinski definition) is 0. The zero-order valence-corrected chi connectivity index (χ0v) is 12.5.